The molecule has 4 rings (SSSR count). The molecule has 0 atom stereocenters. The zero-order valence-corrected chi connectivity index (χ0v) is 17.9. The van der Waals surface area contributed by atoms with Gasteiger partial charge in [-0.1, -0.05) is 6.07 Å². The van der Waals surface area contributed by atoms with Crippen molar-refractivity contribution in [3.05, 3.63) is 60.2 Å². The number of likely N-dealkylation sites (N-methyl/N-ethyl adjacent to an activating group) is 1. The Morgan fingerprint density at radius 3 is 2.55 bits per heavy atom. The van der Waals surface area contributed by atoms with Crippen LogP contribution >= 0.6 is 0 Å². The molecule has 0 spiro atoms. The number of benzene rings is 1. The van der Waals surface area contributed by atoms with Gasteiger partial charge in [-0.25, -0.2) is 14.4 Å². The molecule has 2 aromatic heterocycles. The van der Waals surface area contributed by atoms with Crippen LogP contribution in [0.3, 0.4) is 0 Å². The van der Waals surface area contributed by atoms with E-state index in [1.807, 2.05) is 6.07 Å². The second-order valence-corrected chi connectivity index (χ2v) is 7.76. The fourth-order valence-electron chi connectivity index (χ4n) is 3.49. The molecule has 7 nitrogen and oxygen atoms in total. The normalized spacial score (nSPS) is 15.2. The van der Waals surface area contributed by atoms with Crippen molar-refractivity contribution in [2.45, 2.75) is 12.6 Å². The minimum atomic E-state index is -4.50. The first-order chi connectivity index (χ1) is 15.8. The molecule has 2 N–H and O–H groups in total. The summed E-state index contributed by atoms with van der Waals surface area (Å²) in [5.41, 5.74) is 0.211. The van der Waals surface area contributed by atoms with Crippen LogP contribution in [0.2, 0.25) is 0 Å². The standard InChI is InChI=1S/C22H23F4N7/c1-32-8-3-9-33(11-10-32)17-6-7-19(27-13-17)30-21-28-14-18(23)20(31-21)29-16-5-2-4-15(12-16)22(24,25)26/h2,4-7,12-14H,3,8-11H2,1H3,(H2,27,28,29,30,31). The summed E-state index contributed by atoms with van der Waals surface area (Å²) < 4.78 is 53.0. The number of aromatic nitrogens is 3. The number of halogens is 4. The zero-order chi connectivity index (χ0) is 23.4. The third-order valence-electron chi connectivity index (χ3n) is 5.27. The highest BCUT2D eigenvalue weighted by atomic mass is 19.4. The quantitative estimate of drug-likeness (QED) is 0.536. The Balaban J connectivity index is 1.46. The molecule has 1 aliphatic rings. The van der Waals surface area contributed by atoms with Crippen molar-refractivity contribution in [1.82, 2.24) is 19.9 Å². The summed E-state index contributed by atoms with van der Waals surface area (Å²) in [7, 11) is 2.10. The number of hydrogen-bond donors (Lipinski definition) is 2. The van der Waals surface area contributed by atoms with Gasteiger partial charge in [0.1, 0.15) is 5.82 Å². The Bertz CT molecular complexity index is 1090. The van der Waals surface area contributed by atoms with Crippen LogP contribution in [-0.2, 0) is 6.18 Å². The van der Waals surface area contributed by atoms with Crippen molar-refractivity contribution in [3.63, 3.8) is 0 Å². The topological polar surface area (TPSA) is 69.2 Å². The van der Waals surface area contributed by atoms with E-state index in [0.717, 1.165) is 56.6 Å². The molecular weight excluding hydrogens is 438 g/mol. The number of hydrogen-bond acceptors (Lipinski definition) is 7. The third kappa shape index (κ3) is 5.86. The van der Waals surface area contributed by atoms with Crippen LogP contribution in [0.25, 0.3) is 0 Å². The van der Waals surface area contributed by atoms with Crippen molar-refractivity contribution in [1.29, 1.82) is 0 Å². The molecule has 0 aliphatic carbocycles. The molecule has 3 aromatic rings. The first-order valence-corrected chi connectivity index (χ1v) is 10.4. The van der Waals surface area contributed by atoms with Gasteiger partial charge >= 0.3 is 6.18 Å². The number of alkyl halides is 3. The Morgan fingerprint density at radius 1 is 0.939 bits per heavy atom. The van der Waals surface area contributed by atoms with E-state index in [0.29, 0.717) is 5.82 Å². The van der Waals surface area contributed by atoms with E-state index >= 15 is 0 Å². The molecular formula is C22H23F4N7. The van der Waals surface area contributed by atoms with Crippen LogP contribution in [-0.4, -0.2) is 53.1 Å². The summed E-state index contributed by atoms with van der Waals surface area (Å²) in [6.45, 7) is 3.90. The first-order valence-electron chi connectivity index (χ1n) is 10.4. The average Bonchev–Trinajstić information content (AvgIpc) is 3.01. The predicted octanol–water partition coefficient (Wildman–Crippen LogP) is 4.66. The second kappa shape index (κ2) is 9.57. The molecule has 174 valence electrons. The van der Waals surface area contributed by atoms with Crippen molar-refractivity contribution in [3.8, 4) is 0 Å². The second-order valence-electron chi connectivity index (χ2n) is 7.76. The minimum Gasteiger partial charge on any atom is -0.369 e. The lowest BCUT2D eigenvalue weighted by Crippen LogP contribution is -2.28. The number of rotatable bonds is 5. The van der Waals surface area contributed by atoms with E-state index in [-0.39, 0.29) is 17.5 Å². The van der Waals surface area contributed by atoms with Gasteiger partial charge in [0.2, 0.25) is 5.95 Å². The molecule has 0 amide bonds. The van der Waals surface area contributed by atoms with Gasteiger partial charge in [-0.15, -0.1) is 0 Å². The van der Waals surface area contributed by atoms with Gasteiger partial charge in [0, 0.05) is 25.3 Å². The van der Waals surface area contributed by atoms with Gasteiger partial charge in [-0.05, 0) is 50.3 Å². The lowest BCUT2D eigenvalue weighted by atomic mass is 10.2. The molecule has 0 radical (unpaired) electrons. The molecule has 0 saturated carbocycles. The maximum absolute atomic E-state index is 14.2. The van der Waals surface area contributed by atoms with Crippen LogP contribution in [0.4, 0.5) is 46.5 Å². The molecule has 1 saturated heterocycles. The van der Waals surface area contributed by atoms with E-state index in [9.17, 15) is 17.6 Å². The van der Waals surface area contributed by atoms with Gasteiger partial charge in [0.05, 0.1) is 23.6 Å². The molecule has 3 heterocycles. The van der Waals surface area contributed by atoms with E-state index in [4.69, 9.17) is 0 Å². The fourth-order valence-corrected chi connectivity index (χ4v) is 3.49. The van der Waals surface area contributed by atoms with Gasteiger partial charge in [0.15, 0.2) is 11.6 Å². The van der Waals surface area contributed by atoms with E-state index in [1.54, 1.807) is 12.3 Å². The maximum Gasteiger partial charge on any atom is 0.416 e. The third-order valence-corrected chi connectivity index (χ3v) is 5.27. The van der Waals surface area contributed by atoms with Gasteiger partial charge in [-0.3, -0.25) is 0 Å². The highest BCUT2D eigenvalue weighted by molar-refractivity contribution is 5.60. The van der Waals surface area contributed by atoms with Crippen LogP contribution in [0.1, 0.15) is 12.0 Å². The van der Waals surface area contributed by atoms with Crippen molar-refractivity contribution >= 4 is 29.0 Å². The zero-order valence-electron chi connectivity index (χ0n) is 17.9. The van der Waals surface area contributed by atoms with E-state index < -0.39 is 17.6 Å². The fraction of sp³-hybridized carbons (Fsp3) is 0.318. The number of pyridine rings is 1. The minimum absolute atomic E-state index is 0.0546. The first kappa shape index (κ1) is 22.7. The summed E-state index contributed by atoms with van der Waals surface area (Å²) in [6, 6.07) is 8.16. The van der Waals surface area contributed by atoms with E-state index in [2.05, 4.69) is 42.4 Å². The van der Waals surface area contributed by atoms with Crippen LogP contribution in [0.5, 0.6) is 0 Å². The Labute approximate surface area is 188 Å². The largest absolute Gasteiger partial charge is 0.416 e. The average molecular weight is 461 g/mol. The number of nitrogens with zero attached hydrogens (tertiary/aromatic N) is 5. The maximum atomic E-state index is 14.2. The highest BCUT2D eigenvalue weighted by Gasteiger charge is 2.30. The lowest BCUT2D eigenvalue weighted by Gasteiger charge is -2.22. The molecule has 1 aromatic carbocycles. The summed E-state index contributed by atoms with van der Waals surface area (Å²) >= 11 is 0. The van der Waals surface area contributed by atoms with Crippen molar-refractivity contribution < 1.29 is 17.6 Å². The summed E-state index contributed by atoms with van der Waals surface area (Å²) in [5, 5.41) is 5.47. The Hall–Kier alpha value is -3.47. The molecule has 11 heteroatoms. The number of nitrogens with one attached hydrogen (secondary N) is 2. The van der Waals surface area contributed by atoms with Crippen LogP contribution < -0.4 is 15.5 Å². The molecule has 0 bridgehead atoms. The highest BCUT2D eigenvalue weighted by Crippen LogP contribution is 2.31. The predicted molar refractivity (Wildman–Crippen MR) is 119 cm³/mol. The lowest BCUT2D eigenvalue weighted by molar-refractivity contribution is -0.137. The monoisotopic (exact) mass is 461 g/mol. The Morgan fingerprint density at radius 2 is 1.79 bits per heavy atom. The van der Waals surface area contributed by atoms with Crippen LogP contribution in [0.15, 0.2) is 48.8 Å². The van der Waals surface area contributed by atoms with Gasteiger partial charge in [-0.2, -0.15) is 18.2 Å². The molecule has 0 unspecified atom stereocenters. The summed E-state index contributed by atoms with van der Waals surface area (Å²) in [6.07, 6.45) is -0.746. The smallest absolute Gasteiger partial charge is 0.369 e. The number of anilines is 5. The molecule has 33 heavy (non-hydrogen) atoms. The SMILES string of the molecule is CN1CCCN(c2ccc(Nc3ncc(F)c(Nc4cccc(C(F)(F)F)c4)n3)nc2)CC1. The van der Waals surface area contributed by atoms with Crippen LogP contribution in [0, 0.1) is 5.82 Å². The summed E-state index contributed by atoms with van der Waals surface area (Å²) in [4.78, 5) is 16.9. The summed E-state index contributed by atoms with van der Waals surface area (Å²) in [5.74, 6) is -0.533. The molecule has 1 aliphatic heterocycles. The van der Waals surface area contributed by atoms with Gasteiger partial charge in [0.25, 0.3) is 0 Å². The van der Waals surface area contributed by atoms with Crippen molar-refractivity contribution in [2.24, 2.45) is 0 Å². The van der Waals surface area contributed by atoms with E-state index in [1.165, 1.54) is 12.1 Å². The van der Waals surface area contributed by atoms with Gasteiger partial charge < -0.3 is 20.4 Å². The Kier molecular flexibility index (Phi) is 6.59. The molecule has 1 fully saturated rings. The van der Waals surface area contributed by atoms with Crippen molar-refractivity contribution in [2.75, 3.05) is 48.8 Å².